The summed E-state index contributed by atoms with van der Waals surface area (Å²) in [4.78, 5) is 0. The molecule has 16 heavy (non-hydrogen) atoms. The van der Waals surface area contributed by atoms with Crippen LogP contribution in [0.1, 0.15) is 0 Å². The van der Waals surface area contributed by atoms with Crippen molar-refractivity contribution >= 4 is 0 Å². The van der Waals surface area contributed by atoms with Crippen LogP contribution in [0.3, 0.4) is 0 Å². The summed E-state index contributed by atoms with van der Waals surface area (Å²) in [7, 11) is 1.64. The predicted molar refractivity (Wildman–Crippen MR) is 57.1 cm³/mol. The van der Waals surface area contributed by atoms with Crippen molar-refractivity contribution in [3.63, 3.8) is 0 Å². The summed E-state index contributed by atoms with van der Waals surface area (Å²) < 4.78 is 15.4. The molecule has 0 aliphatic rings. The van der Waals surface area contributed by atoms with Gasteiger partial charge < -0.3 is 13.9 Å². The standard InChI is InChI=1S/C11H12N2O3/c1-14-6-7-15-10-4-2-9(3-5-10)11-13-12-8-16-11/h2-5,8H,6-7H2,1H3. The molecule has 0 spiro atoms. The minimum atomic E-state index is 0.503. The van der Waals surface area contributed by atoms with Gasteiger partial charge >= 0.3 is 0 Å². The van der Waals surface area contributed by atoms with E-state index in [-0.39, 0.29) is 0 Å². The van der Waals surface area contributed by atoms with Gasteiger partial charge in [0.15, 0.2) is 0 Å². The average Bonchev–Trinajstić information content (AvgIpc) is 2.84. The Balaban J connectivity index is 2.00. The van der Waals surface area contributed by atoms with E-state index in [4.69, 9.17) is 13.9 Å². The summed E-state index contributed by atoms with van der Waals surface area (Å²) in [6.07, 6.45) is 1.30. The van der Waals surface area contributed by atoms with Crippen LogP contribution in [0.2, 0.25) is 0 Å². The fourth-order valence-corrected chi connectivity index (χ4v) is 1.24. The van der Waals surface area contributed by atoms with Gasteiger partial charge in [-0.1, -0.05) is 0 Å². The van der Waals surface area contributed by atoms with Crippen LogP contribution in [-0.2, 0) is 4.74 Å². The maximum atomic E-state index is 5.43. The first-order valence-electron chi connectivity index (χ1n) is 4.88. The van der Waals surface area contributed by atoms with Crippen molar-refractivity contribution in [2.75, 3.05) is 20.3 Å². The van der Waals surface area contributed by atoms with E-state index in [0.29, 0.717) is 19.1 Å². The molecule has 2 rings (SSSR count). The number of rotatable bonds is 5. The van der Waals surface area contributed by atoms with Crippen LogP contribution in [0.4, 0.5) is 0 Å². The third kappa shape index (κ3) is 2.58. The number of hydrogen-bond donors (Lipinski definition) is 0. The van der Waals surface area contributed by atoms with Crippen molar-refractivity contribution in [2.24, 2.45) is 0 Å². The molecule has 84 valence electrons. The number of nitrogens with zero attached hydrogens (tertiary/aromatic N) is 2. The Morgan fingerprint density at radius 1 is 1.19 bits per heavy atom. The molecule has 0 atom stereocenters. The van der Waals surface area contributed by atoms with E-state index >= 15 is 0 Å². The quantitative estimate of drug-likeness (QED) is 0.718. The highest BCUT2D eigenvalue weighted by atomic mass is 16.5. The summed E-state index contributed by atoms with van der Waals surface area (Å²) >= 11 is 0. The molecule has 1 heterocycles. The van der Waals surface area contributed by atoms with Crippen LogP contribution in [0.5, 0.6) is 5.75 Å². The predicted octanol–water partition coefficient (Wildman–Crippen LogP) is 1.76. The highest BCUT2D eigenvalue weighted by Crippen LogP contribution is 2.19. The molecule has 0 aliphatic heterocycles. The zero-order chi connectivity index (χ0) is 11.2. The SMILES string of the molecule is COCCOc1ccc(-c2nnco2)cc1. The van der Waals surface area contributed by atoms with Gasteiger partial charge in [-0.05, 0) is 24.3 Å². The van der Waals surface area contributed by atoms with Crippen LogP contribution in [-0.4, -0.2) is 30.5 Å². The highest BCUT2D eigenvalue weighted by Gasteiger charge is 2.02. The van der Waals surface area contributed by atoms with E-state index in [1.54, 1.807) is 7.11 Å². The Hall–Kier alpha value is -1.88. The molecule has 0 radical (unpaired) electrons. The second-order valence-electron chi connectivity index (χ2n) is 3.11. The van der Waals surface area contributed by atoms with Crippen LogP contribution in [0.25, 0.3) is 11.5 Å². The van der Waals surface area contributed by atoms with Crippen molar-refractivity contribution in [1.29, 1.82) is 0 Å². The zero-order valence-corrected chi connectivity index (χ0v) is 8.92. The second-order valence-corrected chi connectivity index (χ2v) is 3.11. The van der Waals surface area contributed by atoms with Gasteiger partial charge in [0.05, 0.1) is 6.61 Å². The maximum Gasteiger partial charge on any atom is 0.247 e. The van der Waals surface area contributed by atoms with E-state index in [0.717, 1.165) is 11.3 Å². The molecule has 1 aromatic carbocycles. The number of ether oxygens (including phenoxy) is 2. The van der Waals surface area contributed by atoms with E-state index in [1.165, 1.54) is 6.39 Å². The summed E-state index contributed by atoms with van der Waals surface area (Å²) in [5, 5.41) is 7.43. The molecular weight excluding hydrogens is 208 g/mol. The number of aromatic nitrogens is 2. The second kappa shape index (κ2) is 5.27. The first kappa shape index (κ1) is 10.6. The lowest BCUT2D eigenvalue weighted by atomic mass is 10.2. The minimum Gasteiger partial charge on any atom is -0.491 e. The first-order chi connectivity index (χ1) is 7.90. The lowest BCUT2D eigenvalue weighted by Crippen LogP contribution is -2.03. The van der Waals surface area contributed by atoms with Gasteiger partial charge in [0.1, 0.15) is 12.4 Å². The lowest BCUT2D eigenvalue weighted by molar-refractivity contribution is 0.146. The molecule has 0 aliphatic carbocycles. The molecule has 1 aromatic heterocycles. The summed E-state index contributed by atoms with van der Waals surface area (Å²) in [6.45, 7) is 1.11. The Morgan fingerprint density at radius 3 is 2.62 bits per heavy atom. The van der Waals surface area contributed by atoms with Crippen molar-refractivity contribution in [3.8, 4) is 17.2 Å². The Labute approximate surface area is 93.0 Å². The lowest BCUT2D eigenvalue weighted by Gasteiger charge is -2.05. The maximum absolute atomic E-state index is 5.43. The van der Waals surface area contributed by atoms with Crippen LogP contribution in [0, 0.1) is 0 Å². The fraction of sp³-hybridized carbons (Fsp3) is 0.273. The Bertz CT molecular complexity index is 411. The fourth-order valence-electron chi connectivity index (χ4n) is 1.24. The van der Waals surface area contributed by atoms with Crippen LogP contribution < -0.4 is 4.74 Å². The van der Waals surface area contributed by atoms with Crippen molar-refractivity contribution in [1.82, 2.24) is 10.2 Å². The third-order valence-electron chi connectivity index (χ3n) is 2.02. The highest BCUT2D eigenvalue weighted by molar-refractivity contribution is 5.53. The zero-order valence-electron chi connectivity index (χ0n) is 8.92. The molecule has 0 amide bonds. The summed E-state index contributed by atoms with van der Waals surface area (Å²) in [5.74, 6) is 1.30. The van der Waals surface area contributed by atoms with Crippen LogP contribution >= 0.6 is 0 Å². The van der Waals surface area contributed by atoms with Crippen LogP contribution in [0.15, 0.2) is 35.1 Å². The van der Waals surface area contributed by atoms with E-state index in [2.05, 4.69) is 10.2 Å². The minimum absolute atomic E-state index is 0.503. The Morgan fingerprint density at radius 2 is 2.00 bits per heavy atom. The average molecular weight is 220 g/mol. The number of methoxy groups -OCH3 is 1. The van der Waals surface area contributed by atoms with E-state index < -0.39 is 0 Å². The Kier molecular flexibility index (Phi) is 3.50. The van der Waals surface area contributed by atoms with Gasteiger partial charge in [0, 0.05) is 12.7 Å². The molecule has 0 saturated carbocycles. The molecule has 0 saturated heterocycles. The monoisotopic (exact) mass is 220 g/mol. The molecule has 5 heteroatoms. The van der Waals surface area contributed by atoms with Gasteiger partial charge in [-0.15, -0.1) is 10.2 Å². The van der Waals surface area contributed by atoms with Gasteiger partial charge in [-0.3, -0.25) is 0 Å². The van der Waals surface area contributed by atoms with Gasteiger partial charge in [-0.2, -0.15) is 0 Å². The first-order valence-corrected chi connectivity index (χ1v) is 4.88. The number of benzene rings is 1. The molecule has 2 aromatic rings. The largest absolute Gasteiger partial charge is 0.491 e. The van der Waals surface area contributed by atoms with Crippen molar-refractivity contribution < 1.29 is 13.9 Å². The third-order valence-corrected chi connectivity index (χ3v) is 2.02. The molecule has 5 nitrogen and oxygen atoms in total. The van der Waals surface area contributed by atoms with Crippen molar-refractivity contribution in [3.05, 3.63) is 30.7 Å². The van der Waals surface area contributed by atoms with Crippen molar-refractivity contribution in [2.45, 2.75) is 0 Å². The molecule has 0 unspecified atom stereocenters. The molecule has 0 fully saturated rings. The van der Waals surface area contributed by atoms with Gasteiger partial charge in [-0.25, -0.2) is 0 Å². The topological polar surface area (TPSA) is 57.4 Å². The summed E-state index contributed by atoms with van der Waals surface area (Å²) in [6, 6.07) is 7.45. The van der Waals surface area contributed by atoms with Gasteiger partial charge in [0.25, 0.3) is 0 Å². The van der Waals surface area contributed by atoms with E-state index in [9.17, 15) is 0 Å². The normalized spacial score (nSPS) is 10.3. The smallest absolute Gasteiger partial charge is 0.247 e. The number of hydrogen-bond acceptors (Lipinski definition) is 5. The molecule has 0 N–H and O–H groups in total. The van der Waals surface area contributed by atoms with Gasteiger partial charge in [0.2, 0.25) is 12.3 Å². The summed E-state index contributed by atoms with van der Waals surface area (Å²) in [5.41, 5.74) is 0.872. The molecular formula is C11H12N2O3. The van der Waals surface area contributed by atoms with E-state index in [1.807, 2.05) is 24.3 Å². The molecule has 0 bridgehead atoms.